The molecule has 1 atom stereocenters. The summed E-state index contributed by atoms with van der Waals surface area (Å²) in [4.78, 5) is 14.2. The molecule has 1 amide bonds. The molecule has 0 spiro atoms. The van der Waals surface area contributed by atoms with E-state index < -0.39 is 10.0 Å². The number of likely N-dealkylation sites (tertiary alicyclic amines) is 1. The first kappa shape index (κ1) is 15.8. The standard InChI is InChI=1S/C16H19N3O3S/c1-12-2-4-15(5-3-12)23(21,22)19-9-6-13(10-19)16(20)18-8-7-14(17)11-18/h2-6,9-10,14H,7-8,11,17H2,1H3/t14-/m1/s1. The van der Waals surface area contributed by atoms with Crippen LogP contribution < -0.4 is 5.73 Å². The Kier molecular flexibility index (Phi) is 3.99. The second-order valence-electron chi connectivity index (χ2n) is 5.85. The SMILES string of the molecule is Cc1ccc(S(=O)(=O)n2ccc(C(=O)N3CC[C@@H](N)C3)c2)cc1. The van der Waals surface area contributed by atoms with E-state index in [2.05, 4.69) is 0 Å². The summed E-state index contributed by atoms with van der Waals surface area (Å²) in [5.74, 6) is -0.184. The van der Waals surface area contributed by atoms with Gasteiger partial charge < -0.3 is 10.6 Å². The molecule has 7 heteroatoms. The van der Waals surface area contributed by atoms with Crippen LogP contribution >= 0.6 is 0 Å². The Morgan fingerprint density at radius 2 is 1.91 bits per heavy atom. The van der Waals surface area contributed by atoms with Crippen molar-refractivity contribution in [1.29, 1.82) is 0 Å². The van der Waals surface area contributed by atoms with Crippen molar-refractivity contribution in [2.75, 3.05) is 13.1 Å². The monoisotopic (exact) mass is 333 g/mol. The molecule has 2 N–H and O–H groups in total. The highest BCUT2D eigenvalue weighted by molar-refractivity contribution is 7.90. The first-order valence-electron chi connectivity index (χ1n) is 7.43. The van der Waals surface area contributed by atoms with Crippen LogP contribution in [0.3, 0.4) is 0 Å². The van der Waals surface area contributed by atoms with E-state index in [0.29, 0.717) is 18.7 Å². The lowest BCUT2D eigenvalue weighted by atomic mass is 10.2. The Balaban J connectivity index is 1.86. The first-order chi connectivity index (χ1) is 10.9. The number of nitrogens with zero attached hydrogens (tertiary/aromatic N) is 2. The van der Waals surface area contributed by atoms with E-state index in [1.54, 1.807) is 29.2 Å². The van der Waals surface area contributed by atoms with Crippen LogP contribution in [0.5, 0.6) is 0 Å². The molecule has 122 valence electrons. The minimum Gasteiger partial charge on any atom is -0.337 e. The number of rotatable bonds is 3. The van der Waals surface area contributed by atoms with Gasteiger partial charge in [0.2, 0.25) is 0 Å². The summed E-state index contributed by atoms with van der Waals surface area (Å²) in [7, 11) is -3.68. The van der Waals surface area contributed by atoms with E-state index in [1.165, 1.54) is 18.5 Å². The normalized spacial score (nSPS) is 18.3. The number of carbonyl (C=O) groups is 1. The van der Waals surface area contributed by atoms with Crippen molar-refractivity contribution >= 4 is 15.9 Å². The molecule has 1 saturated heterocycles. The quantitative estimate of drug-likeness (QED) is 0.915. The summed E-state index contributed by atoms with van der Waals surface area (Å²) < 4.78 is 26.2. The predicted molar refractivity (Wildman–Crippen MR) is 86.7 cm³/mol. The van der Waals surface area contributed by atoms with Crippen molar-refractivity contribution in [3.05, 3.63) is 53.9 Å². The largest absolute Gasteiger partial charge is 0.337 e. The first-order valence-corrected chi connectivity index (χ1v) is 8.87. The summed E-state index contributed by atoms with van der Waals surface area (Å²) in [5.41, 5.74) is 7.15. The van der Waals surface area contributed by atoms with Crippen LogP contribution in [-0.2, 0) is 10.0 Å². The number of nitrogens with two attached hydrogens (primary N) is 1. The molecule has 0 aliphatic carbocycles. The lowest BCUT2D eigenvalue weighted by molar-refractivity contribution is 0.0791. The van der Waals surface area contributed by atoms with Crippen LogP contribution in [0.25, 0.3) is 0 Å². The van der Waals surface area contributed by atoms with Gasteiger partial charge in [-0.25, -0.2) is 12.4 Å². The molecule has 0 radical (unpaired) electrons. The molecule has 1 aliphatic heterocycles. The Morgan fingerprint density at radius 1 is 1.22 bits per heavy atom. The van der Waals surface area contributed by atoms with Crippen LogP contribution in [-0.4, -0.2) is 42.3 Å². The lowest BCUT2D eigenvalue weighted by Gasteiger charge is -2.14. The number of aryl methyl sites for hydroxylation is 1. The zero-order chi connectivity index (χ0) is 16.6. The summed E-state index contributed by atoms with van der Waals surface area (Å²) in [5, 5.41) is 0. The highest BCUT2D eigenvalue weighted by Crippen LogP contribution is 2.18. The van der Waals surface area contributed by atoms with Crippen LogP contribution in [0.2, 0.25) is 0 Å². The maximum Gasteiger partial charge on any atom is 0.267 e. The van der Waals surface area contributed by atoms with Crippen LogP contribution in [0.15, 0.2) is 47.6 Å². The molecule has 0 bridgehead atoms. The van der Waals surface area contributed by atoms with Gasteiger partial charge in [-0.15, -0.1) is 0 Å². The van der Waals surface area contributed by atoms with E-state index in [9.17, 15) is 13.2 Å². The number of hydrogen-bond acceptors (Lipinski definition) is 4. The third-order valence-corrected chi connectivity index (χ3v) is 5.67. The molecule has 1 aromatic heterocycles. The van der Waals surface area contributed by atoms with Gasteiger partial charge in [-0.1, -0.05) is 17.7 Å². The van der Waals surface area contributed by atoms with E-state index in [4.69, 9.17) is 5.73 Å². The van der Waals surface area contributed by atoms with E-state index >= 15 is 0 Å². The zero-order valence-corrected chi connectivity index (χ0v) is 13.7. The van der Waals surface area contributed by atoms with E-state index in [-0.39, 0.29) is 16.8 Å². The lowest BCUT2D eigenvalue weighted by Crippen LogP contribution is -2.31. The molecule has 2 aromatic rings. The van der Waals surface area contributed by atoms with Gasteiger partial charge in [0.15, 0.2) is 0 Å². The molecule has 0 saturated carbocycles. The van der Waals surface area contributed by atoms with Crippen LogP contribution in [0.4, 0.5) is 0 Å². The minimum absolute atomic E-state index is 0.00248. The predicted octanol–water partition coefficient (Wildman–Crippen LogP) is 1.21. The van der Waals surface area contributed by atoms with Crippen molar-refractivity contribution in [2.45, 2.75) is 24.3 Å². The van der Waals surface area contributed by atoms with Crippen molar-refractivity contribution in [2.24, 2.45) is 5.73 Å². The van der Waals surface area contributed by atoms with E-state index in [1.807, 2.05) is 6.92 Å². The molecule has 1 aliphatic rings. The Bertz CT molecular complexity index is 825. The third-order valence-electron chi connectivity index (χ3n) is 4.02. The van der Waals surface area contributed by atoms with Gasteiger partial charge in [-0.2, -0.15) is 0 Å². The smallest absolute Gasteiger partial charge is 0.267 e. The third kappa shape index (κ3) is 3.02. The Hall–Kier alpha value is -2.12. The molecule has 23 heavy (non-hydrogen) atoms. The fraction of sp³-hybridized carbons (Fsp3) is 0.312. The van der Waals surface area contributed by atoms with Crippen LogP contribution in [0, 0.1) is 6.92 Å². The average Bonchev–Trinajstić information content (AvgIpc) is 3.16. The van der Waals surface area contributed by atoms with Crippen molar-refractivity contribution in [3.8, 4) is 0 Å². The molecule has 3 rings (SSSR count). The number of carbonyl (C=O) groups excluding carboxylic acids is 1. The second-order valence-corrected chi connectivity index (χ2v) is 7.69. The number of benzene rings is 1. The summed E-state index contributed by atoms with van der Waals surface area (Å²) in [6.45, 7) is 3.01. The fourth-order valence-electron chi connectivity index (χ4n) is 2.64. The molecular weight excluding hydrogens is 314 g/mol. The average molecular weight is 333 g/mol. The summed E-state index contributed by atoms with van der Waals surface area (Å²) in [6.07, 6.45) is 3.54. The zero-order valence-electron chi connectivity index (χ0n) is 12.8. The van der Waals surface area contributed by atoms with Crippen LogP contribution in [0.1, 0.15) is 22.3 Å². The van der Waals surface area contributed by atoms with Gasteiger partial charge in [0.1, 0.15) is 0 Å². The maximum absolute atomic E-state index is 12.6. The van der Waals surface area contributed by atoms with Gasteiger partial charge >= 0.3 is 0 Å². The van der Waals surface area contributed by atoms with E-state index in [0.717, 1.165) is 16.0 Å². The van der Waals surface area contributed by atoms with Gasteiger partial charge in [0, 0.05) is 31.5 Å². The molecule has 1 aromatic carbocycles. The van der Waals surface area contributed by atoms with Gasteiger partial charge in [0.05, 0.1) is 10.5 Å². The maximum atomic E-state index is 12.6. The number of aromatic nitrogens is 1. The highest BCUT2D eigenvalue weighted by Gasteiger charge is 2.26. The van der Waals surface area contributed by atoms with Crippen molar-refractivity contribution in [1.82, 2.24) is 8.87 Å². The molecular formula is C16H19N3O3S. The van der Waals surface area contributed by atoms with Gasteiger partial charge in [-0.05, 0) is 31.5 Å². The van der Waals surface area contributed by atoms with Crippen molar-refractivity contribution in [3.63, 3.8) is 0 Å². The second kappa shape index (κ2) is 5.82. The highest BCUT2D eigenvalue weighted by atomic mass is 32.2. The number of amides is 1. The number of hydrogen-bond donors (Lipinski definition) is 1. The molecule has 2 heterocycles. The summed E-state index contributed by atoms with van der Waals surface area (Å²) >= 11 is 0. The fourth-order valence-corrected chi connectivity index (χ4v) is 3.84. The molecule has 0 unspecified atom stereocenters. The topological polar surface area (TPSA) is 85.4 Å². The Labute approximate surface area is 135 Å². The Morgan fingerprint density at radius 3 is 2.52 bits per heavy atom. The molecule has 6 nitrogen and oxygen atoms in total. The minimum atomic E-state index is -3.68. The van der Waals surface area contributed by atoms with Gasteiger partial charge in [0.25, 0.3) is 15.9 Å². The molecule has 1 fully saturated rings. The van der Waals surface area contributed by atoms with Crippen molar-refractivity contribution < 1.29 is 13.2 Å². The summed E-state index contributed by atoms with van der Waals surface area (Å²) in [6, 6.07) is 8.13. The van der Waals surface area contributed by atoms with Gasteiger partial charge in [-0.3, -0.25) is 4.79 Å².